The summed E-state index contributed by atoms with van der Waals surface area (Å²) >= 11 is 0. The molecule has 0 bridgehead atoms. The number of allylic oxidation sites excluding steroid dienone is 2. The Bertz CT molecular complexity index is 326. The fourth-order valence-corrected chi connectivity index (χ4v) is 1.76. The Morgan fingerprint density at radius 1 is 1.35 bits per heavy atom. The number of ketones is 1. The number of aliphatic hydroxyl groups is 1. The highest BCUT2D eigenvalue weighted by molar-refractivity contribution is 6.39. The SMILES string of the molecule is CC1CC(=O)C=C(BOC(C)(C)C(C)(C)O)C1. The summed E-state index contributed by atoms with van der Waals surface area (Å²) in [6, 6.07) is 0. The molecule has 1 rings (SSSR count). The Balaban J connectivity index is 2.60. The second kappa shape index (κ2) is 4.95. The van der Waals surface area contributed by atoms with Crippen LogP contribution in [0.1, 0.15) is 47.5 Å². The van der Waals surface area contributed by atoms with Gasteiger partial charge >= 0.3 is 7.48 Å². The second-order valence-corrected chi connectivity index (χ2v) is 6.14. The van der Waals surface area contributed by atoms with Crippen molar-refractivity contribution in [1.82, 2.24) is 0 Å². The fourth-order valence-electron chi connectivity index (χ4n) is 1.76. The number of hydrogen-bond acceptors (Lipinski definition) is 3. The molecular formula is C13H23BO3. The van der Waals surface area contributed by atoms with Crippen LogP contribution in [0, 0.1) is 5.92 Å². The van der Waals surface area contributed by atoms with Crippen LogP contribution in [-0.2, 0) is 9.45 Å². The summed E-state index contributed by atoms with van der Waals surface area (Å²) in [6.45, 7) is 9.27. The lowest BCUT2D eigenvalue weighted by Gasteiger charge is -2.38. The molecule has 0 saturated heterocycles. The zero-order valence-electron chi connectivity index (χ0n) is 11.5. The molecule has 0 aromatic carbocycles. The van der Waals surface area contributed by atoms with E-state index >= 15 is 0 Å². The molecule has 0 amide bonds. The van der Waals surface area contributed by atoms with Gasteiger partial charge in [-0.3, -0.25) is 4.79 Å². The molecule has 0 aromatic rings. The molecule has 0 spiro atoms. The van der Waals surface area contributed by atoms with Crippen molar-refractivity contribution >= 4 is 13.3 Å². The minimum absolute atomic E-state index is 0.184. The second-order valence-electron chi connectivity index (χ2n) is 6.14. The van der Waals surface area contributed by atoms with Gasteiger partial charge in [0.1, 0.15) is 0 Å². The molecule has 1 aliphatic rings. The highest BCUT2D eigenvalue weighted by atomic mass is 16.5. The number of rotatable bonds is 4. The van der Waals surface area contributed by atoms with Crippen molar-refractivity contribution in [2.75, 3.05) is 0 Å². The monoisotopic (exact) mass is 238 g/mol. The molecular weight excluding hydrogens is 215 g/mol. The van der Waals surface area contributed by atoms with Gasteiger partial charge in [-0.2, -0.15) is 0 Å². The molecule has 1 N–H and O–H groups in total. The van der Waals surface area contributed by atoms with Crippen molar-refractivity contribution in [3.63, 3.8) is 0 Å². The predicted molar refractivity (Wildman–Crippen MR) is 70.1 cm³/mol. The highest BCUT2D eigenvalue weighted by Crippen LogP contribution is 2.27. The zero-order chi connectivity index (χ0) is 13.3. The van der Waals surface area contributed by atoms with Gasteiger partial charge in [0.25, 0.3) is 0 Å². The van der Waals surface area contributed by atoms with Crippen LogP contribution in [-0.4, -0.2) is 29.6 Å². The van der Waals surface area contributed by atoms with Gasteiger partial charge in [0, 0.05) is 6.42 Å². The molecule has 4 heteroatoms. The van der Waals surface area contributed by atoms with E-state index in [0.29, 0.717) is 19.8 Å². The van der Waals surface area contributed by atoms with Crippen LogP contribution in [0.3, 0.4) is 0 Å². The first-order chi connectivity index (χ1) is 7.62. The van der Waals surface area contributed by atoms with Gasteiger partial charge in [-0.05, 0) is 46.1 Å². The Morgan fingerprint density at radius 3 is 2.41 bits per heavy atom. The standard InChI is InChI=1S/C13H23BO3/c1-9-6-10(8-11(15)7-9)14-17-13(4,5)12(2,3)16/h8-9,14,16H,6-7H2,1-5H3. The lowest BCUT2D eigenvalue weighted by atomic mass is 9.74. The summed E-state index contributed by atoms with van der Waals surface area (Å²) < 4.78 is 5.76. The third kappa shape index (κ3) is 3.96. The Morgan fingerprint density at radius 2 is 1.94 bits per heavy atom. The third-order valence-corrected chi connectivity index (χ3v) is 3.62. The maximum Gasteiger partial charge on any atom is 0.305 e. The Kier molecular flexibility index (Phi) is 4.21. The molecule has 0 fully saturated rings. The molecule has 0 aliphatic heterocycles. The van der Waals surface area contributed by atoms with E-state index < -0.39 is 11.2 Å². The summed E-state index contributed by atoms with van der Waals surface area (Å²) in [4.78, 5) is 11.4. The van der Waals surface area contributed by atoms with Crippen LogP contribution in [0.5, 0.6) is 0 Å². The normalized spacial score (nSPS) is 22.4. The lowest BCUT2D eigenvalue weighted by molar-refractivity contribution is -0.115. The van der Waals surface area contributed by atoms with E-state index in [0.717, 1.165) is 11.9 Å². The van der Waals surface area contributed by atoms with Crippen LogP contribution in [0.4, 0.5) is 0 Å². The summed E-state index contributed by atoms with van der Waals surface area (Å²) in [5.74, 6) is 0.583. The Labute approximate surface area is 105 Å². The van der Waals surface area contributed by atoms with Crippen LogP contribution in [0.2, 0.25) is 0 Å². The van der Waals surface area contributed by atoms with Crippen molar-refractivity contribution in [2.24, 2.45) is 5.92 Å². The third-order valence-electron chi connectivity index (χ3n) is 3.62. The Hall–Kier alpha value is -0.605. The molecule has 3 nitrogen and oxygen atoms in total. The van der Waals surface area contributed by atoms with Crippen molar-refractivity contribution in [2.45, 2.75) is 58.7 Å². The van der Waals surface area contributed by atoms with E-state index in [1.54, 1.807) is 19.9 Å². The molecule has 1 atom stereocenters. The lowest BCUT2D eigenvalue weighted by Crippen LogP contribution is -2.48. The summed E-state index contributed by atoms with van der Waals surface area (Å²) in [5, 5.41) is 9.97. The molecule has 1 aliphatic carbocycles. The van der Waals surface area contributed by atoms with Gasteiger partial charge in [0.15, 0.2) is 5.78 Å². The molecule has 0 radical (unpaired) electrons. The van der Waals surface area contributed by atoms with Crippen molar-refractivity contribution in [3.05, 3.63) is 11.5 Å². The first-order valence-electron chi connectivity index (χ1n) is 6.20. The molecule has 17 heavy (non-hydrogen) atoms. The maximum absolute atomic E-state index is 11.4. The van der Waals surface area contributed by atoms with E-state index in [1.165, 1.54) is 0 Å². The van der Waals surface area contributed by atoms with E-state index in [1.807, 2.05) is 13.8 Å². The highest BCUT2D eigenvalue weighted by Gasteiger charge is 2.36. The van der Waals surface area contributed by atoms with E-state index in [9.17, 15) is 9.90 Å². The van der Waals surface area contributed by atoms with Gasteiger partial charge in [0.2, 0.25) is 0 Å². The summed E-state index contributed by atoms with van der Waals surface area (Å²) in [7, 11) is 0.424. The fraction of sp³-hybridized carbons (Fsp3) is 0.769. The van der Waals surface area contributed by atoms with Gasteiger partial charge < -0.3 is 9.76 Å². The topological polar surface area (TPSA) is 46.5 Å². The van der Waals surface area contributed by atoms with E-state index in [2.05, 4.69) is 6.92 Å². The van der Waals surface area contributed by atoms with Crippen molar-refractivity contribution in [1.29, 1.82) is 0 Å². The van der Waals surface area contributed by atoms with Gasteiger partial charge in [-0.15, -0.1) is 0 Å². The van der Waals surface area contributed by atoms with Crippen LogP contribution in [0.25, 0.3) is 0 Å². The van der Waals surface area contributed by atoms with Crippen LogP contribution >= 0.6 is 0 Å². The molecule has 0 aromatic heterocycles. The minimum atomic E-state index is -0.905. The van der Waals surface area contributed by atoms with Crippen molar-refractivity contribution < 1.29 is 14.6 Å². The first kappa shape index (κ1) is 14.5. The van der Waals surface area contributed by atoms with Gasteiger partial charge in [0.05, 0.1) is 11.2 Å². The molecule has 0 saturated carbocycles. The molecule has 96 valence electrons. The first-order valence-corrected chi connectivity index (χ1v) is 6.20. The number of hydrogen-bond donors (Lipinski definition) is 1. The maximum atomic E-state index is 11.4. The van der Waals surface area contributed by atoms with Gasteiger partial charge in [-0.1, -0.05) is 12.4 Å². The summed E-state index contributed by atoms with van der Waals surface area (Å²) in [5.41, 5.74) is -0.499. The zero-order valence-corrected chi connectivity index (χ0v) is 11.5. The van der Waals surface area contributed by atoms with E-state index in [-0.39, 0.29) is 5.78 Å². The summed E-state index contributed by atoms with van der Waals surface area (Å²) in [6.07, 6.45) is 3.24. The molecule has 0 heterocycles. The quantitative estimate of drug-likeness (QED) is 0.759. The van der Waals surface area contributed by atoms with Crippen molar-refractivity contribution in [3.8, 4) is 0 Å². The van der Waals surface area contributed by atoms with Gasteiger partial charge in [-0.25, -0.2) is 0 Å². The smallest absolute Gasteiger partial charge is 0.305 e. The predicted octanol–water partition coefficient (Wildman–Crippen LogP) is 1.79. The number of carbonyl (C=O) groups excluding carboxylic acids is 1. The van der Waals surface area contributed by atoms with E-state index in [4.69, 9.17) is 4.65 Å². The average Bonchev–Trinajstić information content (AvgIpc) is 2.11. The minimum Gasteiger partial charge on any atom is -0.427 e. The van der Waals surface area contributed by atoms with Crippen LogP contribution in [0.15, 0.2) is 11.5 Å². The largest absolute Gasteiger partial charge is 0.427 e. The van der Waals surface area contributed by atoms with Crippen LogP contribution < -0.4 is 0 Å². The molecule has 1 unspecified atom stereocenters. The number of carbonyl (C=O) groups is 1. The average molecular weight is 238 g/mol.